The average molecular weight is 174 g/mol. The third-order valence-corrected chi connectivity index (χ3v) is 2.22. The highest BCUT2D eigenvalue weighted by atomic mass is 15.1. The summed E-state index contributed by atoms with van der Waals surface area (Å²) >= 11 is 0. The molecule has 1 saturated carbocycles. The fourth-order valence-corrected chi connectivity index (χ4v) is 1.21. The predicted octanol–water partition coefficient (Wildman–Crippen LogP) is 1.17. The van der Waals surface area contributed by atoms with Crippen LogP contribution in [0, 0.1) is 17.2 Å². The fraction of sp³-hybridized carbons (Fsp3) is 0.444. The fourth-order valence-electron chi connectivity index (χ4n) is 1.21. The Balaban J connectivity index is 2.08. The maximum atomic E-state index is 8.60. The summed E-state index contributed by atoms with van der Waals surface area (Å²) in [4.78, 5) is 7.82. The van der Waals surface area contributed by atoms with Crippen LogP contribution in [0.15, 0.2) is 12.4 Å². The molecule has 1 heterocycles. The second-order valence-corrected chi connectivity index (χ2v) is 3.36. The number of aromatic nitrogens is 2. The smallest absolute Gasteiger partial charge is 0.145 e. The number of anilines is 1. The highest BCUT2D eigenvalue weighted by Crippen LogP contribution is 2.31. The van der Waals surface area contributed by atoms with E-state index < -0.39 is 0 Å². The molecule has 13 heavy (non-hydrogen) atoms. The minimum absolute atomic E-state index is 0.408. The lowest BCUT2D eigenvalue weighted by atomic mass is 10.4. The van der Waals surface area contributed by atoms with Crippen LogP contribution < -0.4 is 5.32 Å². The van der Waals surface area contributed by atoms with Gasteiger partial charge in [0.15, 0.2) is 0 Å². The molecule has 0 radical (unpaired) electrons. The normalized spacial score (nSPS) is 24.9. The summed E-state index contributed by atoms with van der Waals surface area (Å²) in [6.45, 7) is 2.18. The van der Waals surface area contributed by atoms with Gasteiger partial charge in [-0.3, -0.25) is 0 Å². The maximum Gasteiger partial charge on any atom is 0.145 e. The number of nitrogens with zero attached hydrogens (tertiary/aromatic N) is 3. The van der Waals surface area contributed by atoms with Gasteiger partial charge in [-0.1, -0.05) is 6.92 Å². The van der Waals surface area contributed by atoms with Crippen molar-refractivity contribution in [3.05, 3.63) is 18.1 Å². The highest BCUT2D eigenvalue weighted by molar-refractivity contribution is 5.40. The predicted molar refractivity (Wildman–Crippen MR) is 47.9 cm³/mol. The number of rotatable bonds is 2. The molecule has 4 heteroatoms. The minimum Gasteiger partial charge on any atom is -0.367 e. The Morgan fingerprint density at radius 2 is 2.38 bits per heavy atom. The van der Waals surface area contributed by atoms with E-state index in [1.54, 1.807) is 6.07 Å². The van der Waals surface area contributed by atoms with Gasteiger partial charge in [0.2, 0.25) is 0 Å². The highest BCUT2D eigenvalue weighted by Gasteiger charge is 2.32. The van der Waals surface area contributed by atoms with Crippen molar-refractivity contribution in [1.82, 2.24) is 9.97 Å². The van der Waals surface area contributed by atoms with Crippen molar-refractivity contribution < 1.29 is 0 Å². The quantitative estimate of drug-likeness (QED) is 0.731. The summed E-state index contributed by atoms with van der Waals surface area (Å²) in [6.07, 6.45) is 2.60. The molecule has 2 atom stereocenters. The third kappa shape index (κ3) is 1.75. The first-order chi connectivity index (χ1) is 6.29. The first-order valence-corrected chi connectivity index (χ1v) is 4.28. The van der Waals surface area contributed by atoms with Gasteiger partial charge in [0, 0.05) is 12.1 Å². The van der Waals surface area contributed by atoms with Crippen LogP contribution in [-0.2, 0) is 0 Å². The molecular formula is C9H10N4. The lowest BCUT2D eigenvalue weighted by molar-refractivity contribution is 0.921. The first-order valence-electron chi connectivity index (χ1n) is 4.28. The van der Waals surface area contributed by atoms with Gasteiger partial charge in [-0.05, 0) is 12.3 Å². The van der Waals surface area contributed by atoms with E-state index in [9.17, 15) is 0 Å². The molecule has 0 amide bonds. The lowest BCUT2D eigenvalue weighted by Gasteiger charge is -2.02. The molecule has 1 fully saturated rings. The van der Waals surface area contributed by atoms with E-state index in [0.717, 1.165) is 11.7 Å². The summed E-state index contributed by atoms with van der Waals surface area (Å²) in [5.74, 6) is 1.47. The lowest BCUT2D eigenvalue weighted by Crippen LogP contribution is -2.05. The van der Waals surface area contributed by atoms with Gasteiger partial charge in [-0.15, -0.1) is 0 Å². The summed E-state index contributed by atoms with van der Waals surface area (Å²) in [7, 11) is 0. The van der Waals surface area contributed by atoms with Gasteiger partial charge in [0.1, 0.15) is 23.9 Å². The van der Waals surface area contributed by atoms with Crippen LogP contribution in [0.1, 0.15) is 19.0 Å². The van der Waals surface area contributed by atoms with Crippen molar-refractivity contribution in [3.8, 4) is 6.07 Å². The number of nitriles is 1. The Labute approximate surface area is 76.6 Å². The second-order valence-electron chi connectivity index (χ2n) is 3.36. The molecule has 0 spiro atoms. The van der Waals surface area contributed by atoms with Gasteiger partial charge in [0.25, 0.3) is 0 Å². The molecule has 1 aromatic heterocycles. The molecule has 1 aliphatic carbocycles. The molecular weight excluding hydrogens is 164 g/mol. The maximum absolute atomic E-state index is 8.60. The zero-order valence-corrected chi connectivity index (χ0v) is 7.36. The van der Waals surface area contributed by atoms with Crippen molar-refractivity contribution >= 4 is 5.82 Å². The molecule has 2 rings (SSSR count). The second kappa shape index (κ2) is 3.02. The van der Waals surface area contributed by atoms with Crippen LogP contribution in [-0.4, -0.2) is 16.0 Å². The van der Waals surface area contributed by atoms with E-state index >= 15 is 0 Å². The van der Waals surface area contributed by atoms with E-state index in [2.05, 4.69) is 22.2 Å². The van der Waals surface area contributed by atoms with Crippen molar-refractivity contribution in [1.29, 1.82) is 5.26 Å². The summed E-state index contributed by atoms with van der Waals surface area (Å²) in [5, 5.41) is 11.8. The SMILES string of the molecule is C[C@@H]1C[C@H]1Nc1cc(C#N)ncn1. The molecule has 0 aliphatic heterocycles. The Bertz CT molecular complexity index is 355. The van der Waals surface area contributed by atoms with E-state index in [1.165, 1.54) is 12.7 Å². The Morgan fingerprint density at radius 1 is 1.62 bits per heavy atom. The Kier molecular flexibility index (Phi) is 1.85. The molecule has 0 saturated heterocycles. The standard InChI is InChI=1S/C9H10N4/c1-6-2-8(6)13-9-3-7(4-10)11-5-12-9/h3,5-6,8H,2H2,1H3,(H,11,12,13)/t6-,8-/m1/s1. The zero-order chi connectivity index (χ0) is 9.26. The average Bonchev–Trinajstić information content (AvgIpc) is 2.82. The van der Waals surface area contributed by atoms with Crippen LogP contribution in [0.3, 0.4) is 0 Å². The van der Waals surface area contributed by atoms with Crippen molar-refractivity contribution in [2.45, 2.75) is 19.4 Å². The van der Waals surface area contributed by atoms with Crippen molar-refractivity contribution in [2.75, 3.05) is 5.32 Å². The van der Waals surface area contributed by atoms with E-state index in [1.807, 2.05) is 6.07 Å². The first kappa shape index (κ1) is 7.99. The third-order valence-electron chi connectivity index (χ3n) is 2.22. The molecule has 4 nitrogen and oxygen atoms in total. The summed E-state index contributed by atoms with van der Waals surface area (Å²) < 4.78 is 0. The Morgan fingerprint density at radius 3 is 3.00 bits per heavy atom. The van der Waals surface area contributed by atoms with Crippen LogP contribution in [0.2, 0.25) is 0 Å². The van der Waals surface area contributed by atoms with E-state index in [-0.39, 0.29) is 0 Å². The van der Waals surface area contributed by atoms with Crippen LogP contribution in [0.25, 0.3) is 0 Å². The molecule has 1 N–H and O–H groups in total. The molecule has 0 bridgehead atoms. The number of nitrogens with one attached hydrogen (secondary N) is 1. The topological polar surface area (TPSA) is 61.6 Å². The Hall–Kier alpha value is -1.63. The largest absolute Gasteiger partial charge is 0.367 e. The van der Waals surface area contributed by atoms with E-state index in [4.69, 9.17) is 5.26 Å². The molecule has 0 aromatic carbocycles. The van der Waals surface area contributed by atoms with Gasteiger partial charge >= 0.3 is 0 Å². The van der Waals surface area contributed by atoms with Gasteiger partial charge in [-0.2, -0.15) is 5.26 Å². The van der Waals surface area contributed by atoms with Crippen LogP contribution in [0.5, 0.6) is 0 Å². The molecule has 0 unspecified atom stereocenters. The zero-order valence-electron chi connectivity index (χ0n) is 7.36. The van der Waals surface area contributed by atoms with Gasteiger partial charge < -0.3 is 5.32 Å². The van der Waals surface area contributed by atoms with Crippen molar-refractivity contribution in [3.63, 3.8) is 0 Å². The monoisotopic (exact) mass is 174 g/mol. The molecule has 1 aromatic rings. The molecule has 66 valence electrons. The van der Waals surface area contributed by atoms with Crippen molar-refractivity contribution in [2.24, 2.45) is 5.92 Å². The van der Waals surface area contributed by atoms with Gasteiger partial charge in [-0.25, -0.2) is 9.97 Å². The van der Waals surface area contributed by atoms with Crippen LogP contribution >= 0.6 is 0 Å². The minimum atomic E-state index is 0.408. The van der Waals surface area contributed by atoms with Gasteiger partial charge in [0.05, 0.1) is 0 Å². The summed E-state index contributed by atoms with van der Waals surface area (Å²) in [5.41, 5.74) is 0.408. The molecule has 1 aliphatic rings. The van der Waals surface area contributed by atoms with Crippen LogP contribution in [0.4, 0.5) is 5.82 Å². The number of hydrogen-bond acceptors (Lipinski definition) is 4. The number of hydrogen-bond donors (Lipinski definition) is 1. The summed E-state index contributed by atoms with van der Waals surface area (Å²) in [6, 6.07) is 4.18. The van der Waals surface area contributed by atoms with E-state index in [0.29, 0.717) is 11.7 Å².